The smallest absolute Gasteiger partial charge is 0.183 e. The Morgan fingerprint density at radius 2 is 2.27 bits per heavy atom. The van der Waals surface area contributed by atoms with Gasteiger partial charge < -0.3 is 30.4 Å². The Labute approximate surface area is 139 Å². The molecule has 0 radical (unpaired) electrons. The summed E-state index contributed by atoms with van der Waals surface area (Å²) in [6, 6.07) is 0. The van der Waals surface area contributed by atoms with Gasteiger partial charge in [0.25, 0.3) is 0 Å². The summed E-state index contributed by atoms with van der Waals surface area (Å²) in [6.45, 7) is -0.526. The summed E-state index contributed by atoms with van der Waals surface area (Å²) in [6.07, 6.45) is 4.72. The number of nitrogens with two attached hydrogens (primary N) is 1. The number of hydrogen-bond donors (Lipinski definition) is 4. The zero-order valence-electron chi connectivity index (χ0n) is 11.2. The van der Waals surface area contributed by atoms with Gasteiger partial charge in [-0.15, -0.1) is 6.42 Å². The Bertz CT molecular complexity index is 773. The van der Waals surface area contributed by atoms with Crippen molar-refractivity contribution >= 4 is 39.4 Å². The lowest BCUT2D eigenvalue weighted by Crippen LogP contribution is -2.47. The molecule has 5 N–H and O–H groups in total. The first-order chi connectivity index (χ1) is 10.4. The molecule has 116 valence electrons. The normalized spacial score (nSPS) is 31.5. The number of nitrogens with zero attached hydrogens (tertiary/aromatic N) is 3. The summed E-state index contributed by atoms with van der Waals surface area (Å²) >= 11 is 2.06. The van der Waals surface area contributed by atoms with Gasteiger partial charge in [-0.1, -0.05) is 5.92 Å². The second-order valence-electron chi connectivity index (χ2n) is 4.95. The molecule has 4 atom stereocenters. The van der Waals surface area contributed by atoms with Crippen molar-refractivity contribution in [1.29, 1.82) is 0 Å². The van der Waals surface area contributed by atoms with Gasteiger partial charge in [0.05, 0.1) is 12.0 Å². The number of halogens is 1. The fourth-order valence-corrected chi connectivity index (χ4v) is 3.41. The second-order valence-corrected chi connectivity index (χ2v) is 6.12. The molecule has 0 bridgehead atoms. The van der Waals surface area contributed by atoms with Gasteiger partial charge in [-0.05, 0) is 22.6 Å². The zero-order valence-corrected chi connectivity index (χ0v) is 13.4. The summed E-state index contributed by atoms with van der Waals surface area (Å²) in [5, 5.41) is 30.7. The third kappa shape index (κ3) is 1.99. The van der Waals surface area contributed by atoms with Crippen LogP contribution in [0.15, 0.2) is 12.5 Å². The first kappa shape index (κ1) is 15.4. The summed E-state index contributed by atoms with van der Waals surface area (Å²) in [7, 11) is 0. The van der Waals surface area contributed by atoms with E-state index in [1.807, 2.05) is 0 Å². The molecular formula is C13H13IN4O4. The Morgan fingerprint density at radius 1 is 1.55 bits per heavy atom. The number of hydrogen-bond acceptors (Lipinski definition) is 7. The van der Waals surface area contributed by atoms with E-state index in [2.05, 4.69) is 38.5 Å². The molecule has 0 aromatic carbocycles. The second kappa shape index (κ2) is 5.32. The van der Waals surface area contributed by atoms with E-state index in [0.29, 0.717) is 16.9 Å². The molecule has 1 saturated heterocycles. The van der Waals surface area contributed by atoms with Gasteiger partial charge in [0, 0.05) is 9.77 Å². The van der Waals surface area contributed by atoms with E-state index in [4.69, 9.17) is 16.9 Å². The van der Waals surface area contributed by atoms with Crippen LogP contribution in [0.3, 0.4) is 0 Å². The molecule has 8 nitrogen and oxygen atoms in total. The Balaban J connectivity index is 2.14. The Kier molecular flexibility index (Phi) is 3.74. The number of terminal acetylenes is 1. The van der Waals surface area contributed by atoms with Crippen molar-refractivity contribution in [1.82, 2.24) is 14.5 Å². The van der Waals surface area contributed by atoms with Crippen LogP contribution >= 0.6 is 22.6 Å². The van der Waals surface area contributed by atoms with Crippen LogP contribution < -0.4 is 5.73 Å². The Hall–Kier alpha value is -1.45. The summed E-state index contributed by atoms with van der Waals surface area (Å²) in [4.78, 5) is 8.07. The lowest BCUT2D eigenvalue weighted by Gasteiger charge is -2.24. The molecule has 1 aliphatic rings. The van der Waals surface area contributed by atoms with Crippen LogP contribution in [-0.2, 0) is 4.74 Å². The predicted octanol–water partition coefficient (Wildman–Crippen LogP) is -0.767. The minimum Gasteiger partial charge on any atom is -0.394 e. The number of anilines is 1. The van der Waals surface area contributed by atoms with Gasteiger partial charge in [0.2, 0.25) is 0 Å². The molecule has 0 saturated carbocycles. The highest BCUT2D eigenvalue weighted by atomic mass is 127. The van der Waals surface area contributed by atoms with Crippen molar-refractivity contribution < 1.29 is 20.1 Å². The summed E-state index contributed by atoms with van der Waals surface area (Å²) in [5.74, 6) is 2.40. The molecule has 2 aromatic heterocycles. The minimum atomic E-state index is -1.99. The van der Waals surface area contributed by atoms with E-state index in [-0.39, 0.29) is 0 Å². The third-order valence-corrected chi connectivity index (χ3v) is 4.60. The maximum Gasteiger partial charge on any atom is 0.183 e. The molecule has 9 heteroatoms. The highest BCUT2D eigenvalue weighted by molar-refractivity contribution is 14.1. The third-order valence-electron chi connectivity index (χ3n) is 3.78. The number of aromatic nitrogens is 3. The van der Waals surface area contributed by atoms with Gasteiger partial charge >= 0.3 is 0 Å². The van der Waals surface area contributed by atoms with Crippen LogP contribution in [0.1, 0.15) is 6.23 Å². The topological polar surface area (TPSA) is 127 Å². The quantitative estimate of drug-likeness (QED) is 0.374. The largest absolute Gasteiger partial charge is 0.394 e. The summed E-state index contributed by atoms with van der Waals surface area (Å²) in [5.41, 5.74) is 4.30. The van der Waals surface area contributed by atoms with Crippen LogP contribution in [0.4, 0.5) is 5.82 Å². The molecule has 0 aliphatic carbocycles. The maximum atomic E-state index is 10.4. The van der Waals surface area contributed by atoms with E-state index in [1.54, 1.807) is 6.20 Å². The molecule has 2 aromatic rings. The standard InChI is InChI=1S/C13H13IN4O4/c1-2-13(21)7(4-19)22-12(9(13)20)18-3-6(14)8-10(15)16-5-17-11(8)18/h1,3,5,7,9,12,19-21H,4H2,(H2,15,16,17)/t7-,9+,12-,13-/m1/s1. The monoisotopic (exact) mass is 416 g/mol. The highest BCUT2D eigenvalue weighted by Gasteiger charge is 2.55. The maximum absolute atomic E-state index is 10.4. The number of aliphatic hydroxyl groups excluding tert-OH is 2. The average Bonchev–Trinajstić information content (AvgIpc) is 2.97. The molecule has 0 amide bonds. The molecule has 3 rings (SSSR count). The lowest BCUT2D eigenvalue weighted by molar-refractivity contribution is -0.0604. The van der Waals surface area contributed by atoms with E-state index in [1.165, 1.54) is 10.9 Å². The van der Waals surface area contributed by atoms with Crippen molar-refractivity contribution in [3.8, 4) is 12.3 Å². The lowest BCUT2D eigenvalue weighted by atomic mass is 9.93. The minimum absolute atomic E-state index is 0.298. The first-order valence-electron chi connectivity index (χ1n) is 6.35. The SMILES string of the molecule is C#C[C@@]1(O)[C@@H](CO)O[C@@H](n2cc(I)c3c(N)ncnc32)[C@@H]1O. The molecule has 1 aliphatic heterocycles. The average molecular weight is 416 g/mol. The van der Waals surface area contributed by atoms with Crippen molar-refractivity contribution in [2.45, 2.75) is 24.0 Å². The molecule has 3 heterocycles. The molecule has 0 spiro atoms. The highest BCUT2D eigenvalue weighted by Crippen LogP contribution is 2.39. The van der Waals surface area contributed by atoms with Gasteiger partial charge in [0.15, 0.2) is 11.8 Å². The number of fused-ring (bicyclic) bond motifs is 1. The van der Waals surface area contributed by atoms with E-state index >= 15 is 0 Å². The fraction of sp³-hybridized carbons (Fsp3) is 0.385. The van der Waals surface area contributed by atoms with Crippen molar-refractivity contribution in [3.63, 3.8) is 0 Å². The van der Waals surface area contributed by atoms with E-state index in [0.717, 1.165) is 3.57 Å². The fourth-order valence-electron chi connectivity index (χ4n) is 2.59. The van der Waals surface area contributed by atoms with Crippen LogP contribution in [-0.4, -0.2) is 54.3 Å². The number of rotatable bonds is 2. The van der Waals surface area contributed by atoms with Crippen LogP contribution in [0.25, 0.3) is 11.0 Å². The van der Waals surface area contributed by atoms with Crippen molar-refractivity contribution in [3.05, 3.63) is 16.1 Å². The van der Waals surface area contributed by atoms with Crippen LogP contribution in [0, 0.1) is 15.9 Å². The van der Waals surface area contributed by atoms with Gasteiger partial charge in [-0.3, -0.25) is 0 Å². The zero-order chi connectivity index (χ0) is 16.1. The molecule has 0 unspecified atom stereocenters. The van der Waals surface area contributed by atoms with E-state index < -0.39 is 30.6 Å². The van der Waals surface area contributed by atoms with Crippen LogP contribution in [0.2, 0.25) is 0 Å². The summed E-state index contributed by atoms with van der Waals surface area (Å²) < 4.78 is 7.83. The predicted molar refractivity (Wildman–Crippen MR) is 85.4 cm³/mol. The van der Waals surface area contributed by atoms with Crippen molar-refractivity contribution in [2.75, 3.05) is 12.3 Å². The van der Waals surface area contributed by atoms with Gasteiger partial charge in [-0.25, -0.2) is 9.97 Å². The molecular weight excluding hydrogens is 403 g/mol. The van der Waals surface area contributed by atoms with Crippen LogP contribution in [0.5, 0.6) is 0 Å². The number of nitrogen functional groups attached to an aromatic ring is 1. The molecule has 22 heavy (non-hydrogen) atoms. The molecule has 1 fully saturated rings. The van der Waals surface area contributed by atoms with Gasteiger partial charge in [-0.2, -0.15) is 0 Å². The number of aliphatic hydroxyl groups is 3. The first-order valence-corrected chi connectivity index (χ1v) is 7.43. The number of ether oxygens (including phenoxy) is 1. The van der Waals surface area contributed by atoms with Crippen molar-refractivity contribution in [2.24, 2.45) is 0 Å². The van der Waals surface area contributed by atoms with E-state index in [9.17, 15) is 15.3 Å². The van der Waals surface area contributed by atoms with Gasteiger partial charge in [0.1, 0.15) is 30.0 Å². The Morgan fingerprint density at radius 3 is 2.86 bits per heavy atom.